The van der Waals surface area contributed by atoms with Crippen LogP contribution in [0.4, 0.5) is 13.2 Å². The van der Waals surface area contributed by atoms with Crippen molar-refractivity contribution in [1.29, 1.82) is 0 Å². The molecule has 0 fully saturated rings. The lowest BCUT2D eigenvalue weighted by Crippen LogP contribution is -2.38. The van der Waals surface area contributed by atoms with Crippen LogP contribution in [0.25, 0.3) is 0 Å². The van der Waals surface area contributed by atoms with E-state index >= 15 is 0 Å². The smallest absolute Gasteiger partial charge is 0.357 e. The van der Waals surface area contributed by atoms with Crippen molar-refractivity contribution in [2.75, 3.05) is 13.6 Å². The summed E-state index contributed by atoms with van der Waals surface area (Å²) >= 11 is 2.59. The molecule has 0 bridgehead atoms. The average molecular weight is 490 g/mol. The first-order valence-electron chi connectivity index (χ1n) is 6.92. The molecule has 1 N–H and O–H groups in total. The van der Waals surface area contributed by atoms with Crippen molar-refractivity contribution in [1.82, 2.24) is 15.2 Å². The second-order valence-corrected chi connectivity index (χ2v) is 6.50. The molecule has 0 radical (unpaired) electrons. The van der Waals surface area contributed by atoms with Gasteiger partial charge in [-0.25, -0.2) is 9.98 Å². The number of aliphatic imine (C=N–C) groups is 1. The predicted molar refractivity (Wildman–Crippen MR) is 103 cm³/mol. The van der Waals surface area contributed by atoms with Gasteiger partial charge in [0.2, 0.25) is 0 Å². The third-order valence-electron chi connectivity index (χ3n) is 2.90. The Labute approximate surface area is 163 Å². The lowest BCUT2D eigenvalue weighted by molar-refractivity contribution is -0.140. The van der Waals surface area contributed by atoms with Gasteiger partial charge in [0.1, 0.15) is 5.01 Å². The summed E-state index contributed by atoms with van der Waals surface area (Å²) in [7, 11) is 1.89. The second kappa shape index (κ2) is 9.56. The van der Waals surface area contributed by atoms with Gasteiger partial charge in [-0.3, -0.25) is 0 Å². The van der Waals surface area contributed by atoms with Crippen LogP contribution in [-0.4, -0.2) is 29.4 Å². The number of hydrogen-bond donors (Lipinski definition) is 1. The van der Waals surface area contributed by atoms with E-state index in [0.717, 1.165) is 22.3 Å². The molecule has 2 rings (SSSR count). The second-order valence-electron chi connectivity index (χ2n) is 4.78. The number of nitrogens with zero attached hydrogens (tertiary/aromatic N) is 3. The molecule has 0 saturated carbocycles. The largest absolute Gasteiger partial charge is 0.434 e. The third kappa shape index (κ3) is 6.20. The number of hydrogen-bond acceptors (Lipinski definition) is 4. The van der Waals surface area contributed by atoms with Gasteiger partial charge in [0.15, 0.2) is 11.7 Å². The zero-order valence-electron chi connectivity index (χ0n) is 13.1. The fourth-order valence-corrected chi connectivity index (χ4v) is 3.24. The van der Waals surface area contributed by atoms with Crippen molar-refractivity contribution in [2.24, 2.45) is 4.99 Å². The molecule has 0 aliphatic heterocycles. The Morgan fingerprint density at radius 3 is 2.67 bits per heavy atom. The maximum Gasteiger partial charge on any atom is 0.434 e. The normalized spacial score (nSPS) is 12.0. The number of thiophene rings is 1. The molecule has 0 atom stereocenters. The molecule has 0 aliphatic rings. The van der Waals surface area contributed by atoms with Gasteiger partial charge in [-0.15, -0.1) is 35.3 Å². The van der Waals surface area contributed by atoms with E-state index in [1.165, 1.54) is 0 Å². The van der Waals surface area contributed by atoms with Crippen LogP contribution in [0.15, 0.2) is 27.2 Å². The average Bonchev–Trinajstić information content (AvgIpc) is 3.13. The van der Waals surface area contributed by atoms with Crippen molar-refractivity contribution in [3.63, 3.8) is 0 Å². The molecular weight excluding hydrogens is 472 g/mol. The van der Waals surface area contributed by atoms with Crippen molar-refractivity contribution in [2.45, 2.75) is 26.2 Å². The van der Waals surface area contributed by atoms with E-state index < -0.39 is 11.9 Å². The minimum absolute atomic E-state index is 0. The Morgan fingerprint density at radius 1 is 1.38 bits per heavy atom. The van der Waals surface area contributed by atoms with Crippen molar-refractivity contribution >= 4 is 52.6 Å². The van der Waals surface area contributed by atoms with Crippen molar-refractivity contribution in [3.8, 4) is 0 Å². The minimum atomic E-state index is -4.40. The topological polar surface area (TPSA) is 40.5 Å². The highest BCUT2D eigenvalue weighted by molar-refractivity contribution is 14.0. The lowest BCUT2D eigenvalue weighted by atomic mass is 10.3. The highest BCUT2D eigenvalue weighted by Gasteiger charge is 2.33. The van der Waals surface area contributed by atoms with E-state index in [1.807, 2.05) is 30.3 Å². The zero-order valence-corrected chi connectivity index (χ0v) is 17.1. The van der Waals surface area contributed by atoms with Crippen LogP contribution < -0.4 is 5.32 Å². The Kier molecular flexibility index (Phi) is 8.43. The van der Waals surface area contributed by atoms with E-state index in [0.29, 0.717) is 24.1 Å². The van der Waals surface area contributed by atoms with Gasteiger partial charge in [-0.05, 0) is 29.3 Å². The summed E-state index contributed by atoms with van der Waals surface area (Å²) < 4.78 is 37.6. The highest BCUT2D eigenvalue weighted by atomic mass is 127. The molecule has 0 amide bonds. The van der Waals surface area contributed by atoms with Crippen LogP contribution in [0, 0.1) is 0 Å². The zero-order chi connectivity index (χ0) is 16.9. The van der Waals surface area contributed by atoms with E-state index in [-0.39, 0.29) is 30.5 Å². The molecule has 2 aromatic heterocycles. The van der Waals surface area contributed by atoms with Crippen LogP contribution in [0.5, 0.6) is 0 Å². The fraction of sp³-hybridized carbons (Fsp3) is 0.429. The van der Waals surface area contributed by atoms with Crippen LogP contribution >= 0.6 is 46.7 Å². The van der Waals surface area contributed by atoms with E-state index in [9.17, 15) is 13.2 Å². The molecule has 0 aliphatic carbocycles. The van der Waals surface area contributed by atoms with Crippen LogP contribution in [0.2, 0.25) is 0 Å². The van der Waals surface area contributed by atoms with Crippen LogP contribution in [0.3, 0.4) is 0 Å². The van der Waals surface area contributed by atoms with Gasteiger partial charge >= 0.3 is 6.18 Å². The molecule has 4 nitrogen and oxygen atoms in total. The van der Waals surface area contributed by atoms with Gasteiger partial charge in [0.05, 0.1) is 6.54 Å². The molecule has 0 aromatic carbocycles. The Balaban J connectivity index is 0.00000288. The first-order chi connectivity index (χ1) is 10.9. The highest BCUT2D eigenvalue weighted by Crippen LogP contribution is 2.30. The number of aromatic nitrogens is 1. The van der Waals surface area contributed by atoms with Gasteiger partial charge < -0.3 is 10.2 Å². The molecule has 10 heteroatoms. The summed E-state index contributed by atoms with van der Waals surface area (Å²) in [5, 5.41) is 8.55. The molecule has 0 unspecified atom stereocenters. The summed E-state index contributed by atoms with van der Waals surface area (Å²) in [6, 6.07) is 2.03. The number of alkyl halides is 3. The summed E-state index contributed by atoms with van der Waals surface area (Å²) in [5.74, 6) is 0.641. The summed E-state index contributed by atoms with van der Waals surface area (Å²) in [5.41, 5.74) is 0.307. The maximum atomic E-state index is 12.5. The van der Waals surface area contributed by atoms with E-state index in [2.05, 4.69) is 20.7 Å². The minimum Gasteiger partial charge on any atom is -0.357 e. The van der Waals surface area contributed by atoms with Gasteiger partial charge in [0.25, 0.3) is 0 Å². The first-order valence-corrected chi connectivity index (χ1v) is 8.74. The van der Waals surface area contributed by atoms with Crippen LogP contribution in [0.1, 0.15) is 23.2 Å². The van der Waals surface area contributed by atoms with Gasteiger partial charge in [-0.2, -0.15) is 24.5 Å². The quantitative estimate of drug-likeness (QED) is 0.383. The van der Waals surface area contributed by atoms with Gasteiger partial charge in [0, 0.05) is 25.5 Å². The Hall–Kier alpha value is -0.880. The molecular formula is C14H18F3IN4S2. The molecule has 0 spiro atoms. The number of rotatable bonds is 5. The summed E-state index contributed by atoms with van der Waals surface area (Å²) in [6.07, 6.45) is -4.40. The molecule has 0 saturated heterocycles. The Bertz CT molecular complexity index is 641. The molecule has 24 heavy (non-hydrogen) atoms. The lowest BCUT2D eigenvalue weighted by Gasteiger charge is -2.21. The monoisotopic (exact) mass is 490 g/mol. The predicted octanol–water partition coefficient (Wildman–Crippen LogP) is 4.44. The summed E-state index contributed by atoms with van der Waals surface area (Å²) in [4.78, 5) is 9.90. The molecule has 134 valence electrons. The van der Waals surface area contributed by atoms with Crippen molar-refractivity contribution < 1.29 is 13.2 Å². The van der Waals surface area contributed by atoms with Crippen LogP contribution in [-0.2, 0) is 19.3 Å². The Morgan fingerprint density at radius 2 is 2.12 bits per heavy atom. The number of nitrogens with one attached hydrogen (secondary N) is 1. The summed E-state index contributed by atoms with van der Waals surface area (Å²) in [6.45, 7) is 3.43. The fourth-order valence-electron chi connectivity index (χ4n) is 1.86. The van der Waals surface area contributed by atoms with Crippen molar-refractivity contribution in [3.05, 3.63) is 38.5 Å². The number of halogens is 4. The van der Waals surface area contributed by atoms with E-state index in [1.54, 1.807) is 11.3 Å². The number of guanidine groups is 1. The standard InChI is InChI=1S/C14H17F3N4S2.HI/c1-3-18-13(21(2)7-10-4-5-22-8-10)19-6-12-20-11(9-23-12)14(15,16)17;/h4-5,8-9H,3,6-7H2,1-2H3,(H,18,19);1H. The molecule has 2 heterocycles. The molecule has 2 aromatic rings. The first kappa shape index (κ1) is 21.2. The third-order valence-corrected chi connectivity index (χ3v) is 4.47. The van der Waals surface area contributed by atoms with Gasteiger partial charge in [-0.1, -0.05) is 0 Å². The maximum absolute atomic E-state index is 12.5. The van der Waals surface area contributed by atoms with E-state index in [4.69, 9.17) is 0 Å². The number of thiazole rings is 1. The SMILES string of the molecule is CCNC(=NCc1nc(C(F)(F)F)cs1)N(C)Cc1ccsc1.I.